The number of furan rings is 1. The molecule has 218 valence electrons. The quantitative estimate of drug-likeness (QED) is 0.411. The van der Waals surface area contributed by atoms with Gasteiger partial charge in [0.25, 0.3) is 0 Å². The third-order valence-corrected chi connectivity index (χ3v) is 11.7. The summed E-state index contributed by atoms with van der Waals surface area (Å²) in [6.07, 6.45) is -0.347. The Kier molecular flexibility index (Phi) is 5.37. The first-order chi connectivity index (χ1) is 18.6. The van der Waals surface area contributed by atoms with Crippen LogP contribution in [0.5, 0.6) is 0 Å². The van der Waals surface area contributed by atoms with Crippen LogP contribution in [0.4, 0.5) is 0 Å². The summed E-state index contributed by atoms with van der Waals surface area (Å²) in [5.41, 5.74) is -7.70. The Morgan fingerprint density at radius 2 is 1.88 bits per heavy atom. The zero-order valence-corrected chi connectivity index (χ0v) is 23.5. The predicted octanol–water partition coefficient (Wildman–Crippen LogP) is 2.23. The average Bonchev–Trinajstić information content (AvgIpc) is 3.58. The summed E-state index contributed by atoms with van der Waals surface area (Å²) in [5, 5.41) is 24.3. The highest BCUT2D eigenvalue weighted by molar-refractivity contribution is 5.87. The molecule has 6 rings (SSSR count). The molecule has 5 fully saturated rings. The molecule has 2 saturated heterocycles. The number of hydrogen-bond acceptors (Lipinski definition) is 11. The molecule has 2 N–H and O–H groups in total. The lowest BCUT2D eigenvalue weighted by Gasteiger charge is -2.65. The number of carbonyl (C=O) groups excluding carboxylic acids is 4. The fourth-order valence-electron chi connectivity index (χ4n) is 10.4. The van der Waals surface area contributed by atoms with Crippen LogP contribution < -0.4 is 0 Å². The molecular formula is C29H36O11. The second-order valence-electron chi connectivity index (χ2n) is 13.4. The van der Waals surface area contributed by atoms with Crippen molar-refractivity contribution in [2.45, 2.75) is 89.8 Å². The third kappa shape index (κ3) is 2.69. The minimum absolute atomic E-state index is 0.0523. The number of fused-ring (bicyclic) bond motifs is 2. The maximum atomic E-state index is 14.2. The van der Waals surface area contributed by atoms with Gasteiger partial charge in [-0.05, 0) is 18.9 Å². The molecule has 3 aliphatic carbocycles. The summed E-state index contributed by atoms with van der Waals surface area (Å²) in [7, 11) is 1.17. The first-order valence-corrected chi connectivity index (χ1v) is 13.7. The predicted molar refractivity (Wildman–Crippen MR) is 133 cm³/mol. The lowest BCUT2D eigenvalue weighted by molar-refractivity contribution is -0.311. The molecule has 2 bridgehead atoms. The Morgan fingerprint density at radius 1 is 1.18 bits per heavy atom. The number of cyclic esters (lactones) is 1. The summed E-state index contributed by atoms with van der Waals surface area (Å²) in [6, 6.07) is 1.67. The standard InChI is InChI=1S/C29H36O11/c1-14(30)38-22-24(2,3)19(18(32)21(33)36-6)26(5)16-7-9-25(4)20(15-8-10-37-12-15)39-17(31)11-29(25,35)28(16)13-27(22,26)23(34)40-28/h8,10,12,16,18-20,22,32,35H,7,9,11,13H2,1-6H3. The molecule has 3 saturated carbocycles. The van der Waals surface area contributed by atoms with Gasteiger partial charge in [0.05, 0.1) is 26.1 Å². The van der Waals surface area contributed by atoms with Gasteiger partial charge >= 0.3 is 23.9 Å². The summed E-state index contributed by atoms with van der Waals surface area (Å²) >= 11 is 0. The number of methoxy groups -OCH3 is 1. The van der Waals surface area contributed by atoms with Crippen LogP contribution in [0.15, 0.2) is 23.0 Å². The van der Waals surface area contributed by atoms with Crippen molar-refractivity contribution in [1.82, 2.24) is 0 Å². The number of esters is 4. The van der Waals surface area contributed by atoms with E-state index in [1.54, 1.807) is 19.9 Å². The molecule has 40 heavy (non-hydrogen) atoms. The van der Waals surface area contributed by atoms with Gasteiger partial charge in [0.15, 0.2) is 6.10 Å². The molecule has 0 amide bonds. The summed E-state index contributed by atoms with van der Waals surface area (Å²) < 4.78 is 28.2. The van der Waals surface area contributed by atoms with Crippen LogP contribution in [-0.2, 0) is 38.1 Å². The summed E-state index contributed by atoms with van der Waals surface area (Å²) in [4.78, 5) is 52.7. The van der Waals surface area contributed by atoms with Crippen molar-refractivity contribution in [3.05, 3.63) is 24.2 Å². The molecule has 11 heteroatoms. The van der Waals surface area contributed by atoms with E-state index in [9.17, 15) is 29.4 Å². The summed E-state index contributed by atoms with van der Waals surface area (Å²) in [6.45, 7) is 8.41. The minimum Gasteiger partial charge on any atom is -0.472 e. The van der Waals surface area contributed by atoms with Gasteiger partial charge < -0.3 is 33.6 Å². The second kappa shape index (κ2) is 7.88. The van der Waals surface area contributed by atoms with E-state index in [1.165, 1.54) is 26.6 Å². The lowest BCUT2D eigenvalue weighted by Crippen LogP contribution is -2.74. The molecule has 0 radical (unpaired) electrons. The Balaban J connectivity index is 1.59. The van der Waals surface area contributed by atoms with Gasteiger partial charge in [-0.3, -0.25) is 14.4 Å². The van der Waals surface area contributed by atoms with Crippen molar-refractivity contribution in [1.29, 1.82) is 0 Å². The minimum atomic E-state index is -1.88. The van der Waals surface area contributed by atoms with E-state index in [2.05, 4.69) is 0 Å². The van der Waals surface area contributed by atoms with E-state index in [0.29, 0.717) is 18.4 Å². The molecule has 2 spiro atoms. The van der Waals surface area contributed by atoms with Crippen molar-refractivity contribution >= 4 is 23.9 Å². The largest absolute Gasteiger partial charge is 0.472 e. The number of carbonyl (C=O) groups is 4. The Hall–Kier alpha value is -2.92. The zero-order valence-electron chi connectivity index (χ0n) is 23.5. The number of ether oxygens (including phenoxy) is 4. The average molecular weight is 561 g/mol. The summed E-state index contributed by atoms with van der Waals surface area (Å²) in [5.74, 6) is -4.33. The van der Waals surface area contributed by atoms with Crippen molar-refractivity contribution in [3.8, 4) is 0 Å². The Labute approximate surface area is 231 Å². The van der Waals surface area contributed by atoms with Crippen LogP contribution in [0.3, 0.4) is 0 Å². The molecule has 0 aromatic carbocycles. The molecular weight excluding hydrogens is 524 g/mol. The van der Waals surface area contributed by atoms with Gasteiger partial charge in [-0.2, -0.15) is 0 Å². The topological polar surface area (TPSA) is 159 Å². The fraction of sp³-hybridized carbons (Fsp3) is 0.724. The van der Waals surface area contributed by atoms with Crippen molar-refractivity contribution in [2.75, 3.05) is 7.11 Å². The van der Waals surface area contributed by atoms with E-state index in [4.69, 9.17) is 23.4 Å². The Morgan fingerprint density at radius 3 is 2.48 bits per heavy atom. The van der Waals surface area contributed by atoms with Crippen LogP contribution in [-0.4, -0.2) is 64.6 Å². The van der Waals surface area contributed by atoms with Crippen LogP contribution in [0.1, 0.15) is 72.0 Å². The first-order valence-electron chi connectivity index (χ1n) is 13.7. The maximum absolute atomic E-state index is 14.2. The number of aliphatic hydroxyl groups is 2. The van der Waals surface area contributed by atoms with E-state index >= 15 is 0 Å². The van der Waals surface area contributed by atoms with Gasteiger partial charge in [0.1, 0.15) is 28.8 Å². The van der Waals surface area contributed by atoms with Crippen LogP contribution >= 0.6 is 0 Å². The van der Waals surface area contributed by atoms with Crippen molar-refractivity contribution in [2.24, 2.45) is 33.5 Å². The zero-order chi connectivity index (χ0) is 29.3. The highest BCUT2D eigenvalue weighted by Gasteiger charge is 2.94. The molecule has 5 aliphatic rings. The molecule has 1 aromatic rings. The van der Waals surface area contributed by atoms with Gasteiger partial charge in [0.2, 0.25) is 0 Å². The van der Waals surface area contributed by atoms with E-state index in [1.807, 2.05) is 13.8 Å². The molecule has 10 atom stereocenters. The number of aliphatic hydroxyl groups excluding tert-OH is 1. The highest BCUT2D eigenvalue weighted by atomic mass is 16.6. The van der Waals surface area contributed by atoms with Crippen molar-refractivity contribution in [3.63, 3.8) is 0 Å². The second-order valence-corrected chi connectivity index (χ2v) is 13.4. The fourth-order valence-corrected chi connectivity index (χ4v) is 10.4. The molecule has 10 unspecified atom stereocenters. The van der Waals surface area contributed by atoms with Gasteiger partial charge in [-0.15, -0.1) is 0 Å². The van der Waals surface area contributed by atoms with E-state index < -0.39 is 93.3 Å². The smallest absolute Gasteiger partial charge is 0.335 e. The Bertz CT molecular complexity index is 1300. The third-order valence-electron chi connectivity index (χ3n) is 11.7. The highest BCUT2D eigenvalue weighted by Crippen LogP contribution is 2.85. The van der Waals surface area contributed by atoms with E-state index in [0.717, 1.165) is 0 Å². The molecule has 1 aromatic heterocycles. The SMILES string of the molecule is COC(=O)C(O)C1C(C)(C)C(OC(C)=O)C23CC4(OC2=O)C(CCC2(C)C(c5ccoc5)OC(=O)CC24O)C13C. The number of hydrogen-bond donors (Lipinski definition) is 2. The number of rotatable bonds is 4. The maximum Gasteiger partial charge on any atom is 0.335 e. The molecule has 11 nitrogen and oxygen atoms in total. The lowest BCUT2D eigenvalue weighted by atomic mass is 9.46. The first kappa shape index (κ1) is 27.3. The van der Waals surface area contributed by atoms with Gasteiger partial charge in [-0.25, -0.2) is 4.79 Å². The van der Waals surface area contributed by atoms with Gasteiger partial charge in [0, 0.05) is 47.0 Å². The monoisotopic (exact) mass is 560 g/mol. The van der Waals surface area contributed by atoms with E-state index in [-0.39, 0.29) is 6.42 Å². The van der Waals surface area contributed by atoms with Crippen molar-refractivity contribution < 1.29 is 52.8 Å². The van der Waals surface area contributed by atoms with Crippen LogP contribution in [0, 0.1) is 33.5 Å². The molecule has 3 heterocycles. The van der Waals surface area contributed by atoms with Crippen LogP contribution in [0.25, 0.3) is 0 Å². The normalized spacial score (nSPS) is 46.9. The van der Waals surface area contributed by atoms with Crippen LogP contribution in [0.2, 0.25) is 0 Å². The molecule has 2 aliphatic heterocycles. The van der Waals surface area contributed by atoms with Gasteiger partial charge in [-0.1, -0.05) is 27.7 Å².